The second kappa shape index (κ2) is 6.37. The molecular formula is C18H11FN2O3. The van der Waals surface area contributed by atoms with Crippen molar-refractivity contribution in [1.82, 2.24) is 4.98 Å². The van der Waals surface area contributed by atoms with Gasteiger partial charge in [-0.3, -0.25) is 14.9 Å². The number of hydrogen-bond acceptors (Lipinski definition) is 4. The van der Waals surface area contributed by atoms with Crippen molar-refractivity contribution in [3.05, 3.63) is 94.0 Å². The van der Waals surface area contributed by atoms with Gasteiger partial charge in [0.15, 0.2) is 5.78 Å². The smallest absolute Gasteiger partial charge is 0.270 e. The van der Waals surface area contributed by atoms with Crippen LogP contribution in [-0.2, 0) is 0 Å². The third-order valence-electron chi connectivity index (χ3n) is 3.54. The number of carbonyl (C=O) groups excluding carboxylic acids is 1. The summed E-state index contributed by atoms with van der Waals surface area (Å²) in [6.07, 6.45) is 1.29. The van der Waals surface area contributed by atoms with Gasteiger partial charge in [-0.2, -0.15) is 4.39 Å². The summed E-state index contributed by atoms with van der Waals surface area (Å²) in [6, 6.07) is 15.1. The van der Waals surface area contributed by atoms with Crippen LogP contribution < -0.4 is 0 Å². The Hall–Kier alpha value is -3.41. The van der Waals surface area contributed by atoms with E-state index in [9.17, 15) is 19.3 Å². The summed E-state index contributed by atoms with van der Waals surface area (Å²) in [5, 5.41) is 11.0. The fraction of sp³-hybridized carbons (Fsp3) is 0. The van der Waals surface area contributed by atoms with Gasteiger partial charge in [0.05, 0.1) is 4.92 Å². The normalized spacial score (nSPS) is 10.4. The van der Waals surface area contributed by atoms with Gasteiger partial charge in [0, 0.05) is 35.0 Å². The lowest BCUT2D eigenvalue weighted by molar-refractivity contribution is -0.384. The quantitative estimate of drug-likeness (QED) is 0.315. The van der Waals surface area contributed by atoms with E-state index in [2.05, 4.69) is 4.98 Å². The lowest BCUT2D eigenvalue weighted by Gasteiger charge is -2.09. The maximum absolute atomic E-state index is 14.0. The van der Waals surface area contributed by atoms with Gasteiger partial charge in [-0.15, -0.1) is 0 Å². The largest absolute Gasteiger partial charge is 0.289 e. The number of rotatable bonds is 4. The highest BCUT2D eigenvalue weighted by Crippen LogP contribution is 2.30. The summed E-state index contributed by atoms with van der Waals surface area (Å²) in [4.78, 5) is 26.8. The first kappa shape index (κ1) is 15.5. The first-order valence-electron chi connectivity index (χ1n) is 7.07. The van der Waals surface area contributed by atoms with Gasteiger partial charge in [-0.1, -0.05) is 30.3 Å². The third-order valence-corrected chi connectivity index (χ3v) is 3.54. The Kier molecular flexibility index (Phi) is 4.11. The molecule has 118 valence electrons. The fourth-order valence-electron chi connectivity index (χ4n) is 2.40. The molecule has 0 aliphatic heterocycles. The number of hydrogen-bond donors (Lipinski definition) is 0. The molecule has 0 radical (unpaired) electrons. The first-order valence-corrected chi connectivity index (χ1v) is 7.07. The molecule has 0 spiro atoms. The number of pyridine rings is 1. The number of nitro groups is 1. The molecule has 0 fully saturated rings. The number of benzene rings is 2. The predicted octanol–water partition coefficient (Wildman–Crippen LogP) is 4.03. The summed E-state index contributed by atoms with van der Waals surface area (Å²) in [5.74, 6) is -1.16. The lowest BCUT2D eigenvalue weighted by Crippen LogP contribution is -2.05. The van der Waals surface area contributed by atoms with Crippen molar-refractivity contribution in [2.45, 2.75) is 0 Å². The Morgan fingerprint density at radius 1 is 1.00 bits per heavy atom. The van der Waals surface area contributed by atoms with E-state index in [0.717, 1.165) is 6.07 Å². The molecule has 0 unspecified atom stereocenters. The number of non-ortho nitro benzene ring substituents is 1. The van der Waals surface area contributed by atoms with Crippen LogP contribution in [0.3, 0.4) is 0 Å². The minimum absolute atomic E-state index is 0.0577. The van der Waals surface area contributed by atoms with Crippen LogP contribution in [0.2, 0.25) is 0 Å². The molecule has 5 nitrogen and oxygen atoms in total. The maximum atomic E-state index is 14.0. The van der Waals surface area contributed by atoms with Crippen LogP contribution in [-0.4, -0.2) is 15.7 Å². The Labute approximate surface area is 136 Å². The van der Waals surface area contributed by atoms with Crippen LogP contribution in [0, 0.1) is 16.1 Å². The van der Waals surface area contributed by atoms with Crippen molar-refractivity contribution in [1.29, 1.82) is 0 Å². The van der Waals surface area contributed by atoms with E-state index < -0.39 is 16.7 Å². The van der Waals surface area contributed by atoms with Crippen LogP contribution in [0.4, 0.5) is 10.1 Å². The second-order valence-corrected chi connectivity index (χ2v) is 5.02. The van der Waals surface area contributed by atoms with E-state index in [1.807, 2.05) is 0 Å². The molecule has 2 aromatic carbocycles. The van der Waals surface area contributed by atoms with Crippen molar-refractivity contribution in [3.63, 3.8) is 0 Å². The zero-order valence-electron chi connectivity index (χ0n) is 12.3. The van der Waals surface area contributed by atoms with Gasteiger partial charge in [0.1, 0.15) is 0 Å². The molecule has 0 amide bonds. The van der Waals surface area contributed by atoms with Crippen molar-refractivity contribution in [2.75, 3.05) is 0 Å². The minimum atomic E-state index is -0.742. The Morgan fingerprint density at radius 3 is 2.42 bits per heavy atom. The average molecular weight is 322 g/mol. The number of aromatic nitrogens is 1. The van der Waals surface area contributed by atoms with Crippen LogP contribution in [0.25, 0.3) is 11.1 Å². The van der Waals surface area contributed by atoms with E-state index in [1.54, 1.807) is 30.3 Å². The molecule has 0 saturated carbocycles. The van der Waals surface area contributed by atoms with Gasteiger partial charge in [0.25, 0.3) is 5.69 Å². The van der Waals surface area contributed by atoms with E-state index in [4.69, 9.17) is 0 Å². The Bertz CT molecular complexity index is 927. The minimum Gasteiger partial charge on any atom is -0.289 e. The van der Waals surface area contributed by atoms with E-state index >= 15 is 0 Å². The topological polar surface area (TPSA) is 73.1 Å². The number of nitrogens with zero attached hydrogens (tertiary/aromatic N) is 2. The predicted molar refractivity (Wildman–Crippen MR) is 86.2 cm³/mol. The monoisotopic (exact) mass is 322 g/mol. The van der Waals surface area contributed by atoms with Crippen LogP contribution in [0.5, 0.6) is 0 Å². The summed E-state index contributed by atoms with van der Waals surface area (Å²) < 4.78 is 14.0. The Balaban J connectivity index is 2.22. The Morgan fingerprint density at radius 2 is 1.75 bits per heavy atom. The highest BCUT2D eigenvalue weighted by atomic mass is 19.1. The van der Waals surface area contributed by atoms with Gasteiger partial charge < -0.3 is 0 Å². The van der Waals surface area contributed by atoms with Gasteiger partial charge >= 0.3 is 0 Å². The van der Waals surface area contributed by atoms with Crippen molar-refractivity contribution in [2.24, 2.45) is 0 Å². The molecule has 0 aliphatic carbocycles. The molecule has 1 aromatic heterocycles. The van der Waals surface area contributed by atoms with Gasteiger partial charge in [-0.05, 0) is 23.8 Å². The molecule has 0 bridgehead atoms. The molecule has 1 heterocycles. The van der Waals surface area contributed by atoms with Gasteiger partial charge in [0.2, 0.25) is 5.95 Å². The van der Waals surface area contributed by atoms with Crippen molar-refractivity contribution < 1.29 is 14.1 Å². The SMILES string of the molecule is O=C(c1ccccc1)c1cc([N+](=O)[O-])ccc1-c1cccnc1F. The van der Waals surface area contributed by atoms with Crippen LogP contribution in [0.15, 0.2) is 66.9 Å². The van der Waals surface area contributed by atoms with E-state index in [0.29, 0.717) is 5.56 Å². The summed E-state index contributed by atoms with van der Waals surface area (Å²) >= 11 is 0. The number of halogens is 1. The van der Waals surface area contributed by atoms with E-state index in [-0.39, 0.29) is 22.4 Å². The van der Waals surface area contributed by atoms with Crippen molar-refractivity contribution in [3.8, 4) is 11.1 Å². The van der Waals surface area contributed by atoms with Crippen LogP contribution >= 0.6 is 0 Å². The fourth-order valence-corrected chi connectivity index (χ4v) is 2.40. The molecule has 0 N–H and O–H groups in total. The van der Waals surface area contributed by atoms with E-state index in [1.165, 1.54) is 30.5 Å². The molecular weight excluding hydrogens is 311 g/mol. The summed E-state index contributed by atoms with van der Waals surface area (Å²) in [7, 11) is 0. The number of carbonyl (C=O) groups is 1. The third kappa shape index (κ3) is 2.89. The van der Waals surface area contributed by atoms with Crippen molar-refractivity contribution >= 4 is 11.5 Å². The number of nitro benzene ring substituents is 1. The molecule has 3 aromatic rings. The highest BCUT2D eigenvalue weighted by molar-refractivity contribution is 6.13. The standard InChI is InChI=1S/C18H11FN2O3/c19-18-15(7-4-10-20-18)14-9-8-13(21(23)24)11-16(14)17(22)12-5-2-1-3-6-12/h1-11H. The molecule has 24 heavy (non-hydrogen) atoms. The molecule has 0 atom stereocenters. The number of ketones is 1. The zero-order chi connectivity index (χ0) is 17.1. The second-order valence-electron chi connectivity index (χ2n) is 5.02. The zero-order valence-corrected chi connectivity index (χ0v) is 12.3. The molecule has 0 saturated heterocycles. The molecule has 6 heteroatoms. The highest BCUT2D eigenvalue weighted by Gasteiger charge is 2.20. The summed E-state index contributed by atoms with van der Waals surface area (Å²) in [5.41, 5.74) is 0.569. The lowest BCUT2D eigenvalue weighted by atomic mass is 9.94. The summed E-state index contributed by atoms with van der Waals surface area (Å²) in [6.45, 7) is 0. The maximum Gasteiger partial charge on any atom is 0.270 e. The van der Waals surface area contributed by atoms with Crippen LogP contribution in [0.1, 0.15) is 15.9 Å². The first-order chi connectivity index (χ1) is 11.6. The average Bonchev–Trinajstić information content (AvgIpc) is 2.62. The van der Waals surface area contributed by atoms with Gasteiger partial charge in [-0.25, -0.2) is 4.98 Å². The molecule has 3 rings (SSSR count). The molecule has 0 aliphatic rings.